The van der Waals surface area contributed by atoms with Crippen LogP contribution in [0, 0.1) is 5.92 Å². The van der Waals surface area contributed by atoms with Crippen LogP contribution in [0.25, 0.3) is 0 Å². The lowest BCUT2D eigenvalue weighted by Gasteiger charge is -2.26. The number of ether oxygens (including phenoxy) is 1. The zero-order valence-corrected chi connectivity index (χ0v) is 22.7. The maximum atomic E-state index is 13.5. The molecule has 2 unspecified atom stereocenters. The summed E-state index contributed by atoms with van der Waals surface area (Å²) in [5.41, 5.74) is 3.13. The Bertz CT molecular complexity index is 1430. The molecule has 1 aliphatic carbocycles. The van der Waals surface area contributed by atoms with Crippen molar-refractivity contribution in [3.05, 3.63) is 73.3 Å². The van der Waals surface area contributed by atoms with Gasteiger partial charge in [0.15, 0.2) is 0 Å². The van der Waals surface area contributed by atoms with Crippen molar-refractivity contribution in [2.24, 2.45) is 11.1 Å². The van der Waals surface area contributed by atoms with Gasteiger partial charge in [-0.15, -0.1) is 11.3 Å². The SMILES string of the molecule is NS(=O)(=O)OC[C@@H]1CCC(Nc2ncncc2C(=O)c2cc(C3OCCc4ccc(Cl)cc43)c(Cl)s2)C1. The van der Waals surface area contributed by atoms with Crippen LogP contribution in [0.4, 0.5) is 5.82 Å². The topological polar surface area (TPSA) is 134 Å². The van der Waals surface area contributed by atoms with E-state index in [-0.39, 0.29) is 24.3 Å². The molecule has 9 nitrogen and oxygen atoms in total. The van der Waals surface area contributed by atoms with E-state index < -0.39 is 16.4 Å². The molecule has 0 saturated heterocycles. The Morgan fingerprint density at radius 1 is 1.24 bits per heavy atom. The van der Waals surface area contributed by atoms with E-state index in [1.54, 1.807) is 6.07 Å². The van der Waals surface area contributed by atoms with Crippen molar-refractivity contribution < 1.29 is 22.1 Å². The van der Waals surface area contributed by atoms with Gasteiger partial charge in [0.2, 0.25) is 5.78 Å². The molecule has 3 aromatic rings. The highest BCUT2D eigenvalue weighted by molar-refractivity contribution is 7.84. The fourth-order valence-corrected chi connectivity index (χ4v) is 6.66. The van der Waals surface area contributed by atoms with Crippen LogP contribution in [0.2, 0.25) is 9.36 Å². The third-order valence-corrected chi connectivity index (χ3v) is 8.66. The first-order valence-electron chi connectivity index (χ1n) is 11.7. The summed E-state index contributed by atoms with van der Waals surface area (Å²) in [6.07, 6.45) is 5.41. The predicted molar refractivity (Wildman–Crippen MR) is 142 cm³/mol. The van der Waals surface area contributed by atoms with Gasteiger partial charge in [-0.1, -0.05) is 29.3 Å². The van der Waals surface area contributed by atoms with Crippen molar-refractivity contribution in [1.29, 1.82) is 0 Å². The van der Waals surface area contributed by atoms with Gasteiger partial charge in [-0.2, -0.15) is 8.42 Å². The molecule has 13 heteroatoms. The first-order chi connectivity index (χ1) is 17.7. The van der Waals surface area contributed by atoms with Gasteiger partial charge in [0.05, 0.1) is 28.0 Å². The zero-order valence-electron chi connectivity index (χ0n) is 19.5. The van der Waals surface area contributed by atoms with Gasteiger partial charge in [-0.3, -0.25) is 8.98 Å². The van der Waals surface area contributed by atoms with Gasteiger partial charge in [0.1, 0.15) is 18.2 Å². The van der Waals surface area contributed by atoms with E-state index in [2.05, 4.69) is 15.3 Å². The number of benzene rings is 1. The van der Waals surface area contributed by atoms with Crippen molar-refractivity contribution in [3.8, 4) is 0 Å². The number of halogens is 2. The van der Waals surface area contributed by atoms with Crippen molar-refractivity contribution in [3.63, 3.8) is 0 Å². The molecule has 0 radical (unpaired) electrons. The fourth-order valence-electron chi connectivity index (χ4n) is 4.83. The number of nitrogens with two attached hydrogens (primary N) is 1. The smallest absolute Gasteiger partial charge is 0.333 e. The second-order valence-corrected chi connectivity index (χ2v) is 12.4. The predicted octanol–water partition coefficient (Wildman–Crippen LogP) is 4.54. The molecule has 0 spiro atoms. The number of nitrogens with one attached hydrogen (secondary N) is 1. The van der Waals surface area contributed by atoms with Crippen LogP contribution < -0.4 is 10.5 Å². The lowest BCUT2D eigenvalue weighted by atomic mass is 9.94. The summed E-state index contributed by atoms with van der Waals surface area (Å²) >= 11 is 14.0. The largest absolute Gasteiger partial charge is 0.368 e. The molecule has 3 atom stereocenters. The first-order valence-corrected chi connectivity index (χ1v) is 14.7. The average molecular weight is 584 g/mol. The molecular formula is C24H24Cl2N4O5S2. The minimum atomic E-state index is -3.98. The van der Waals surface area contributed by atoms with E-state index in [1.807, 2.05) is 18.2 Å². The van der Waals surface area contributed by atoms with E-state index >= 15 is 0 Å². The third kappa shape index (κ3) is 6.14. The molecule has 1 aliphatic heterocycles. The van der Waals surface area contributed by atoms with Crippen LogP contribution in [-0.4, -0.2) is 43.4 Å². The lowest BCUT2D eigenvalue weighted by Crippen LogP contribution is -2.22. The number of fused-ring (bicyclic) bond motifs is 1. The second-order valence-electron chi connectivity index (χ2n) is 9.10. The van der Waals surface area contributed by atoms with Crippen LogP contribution in [-0.2, 0) is 25.6 Å². The molecule has 37 heavy (non-hydrogen) atoms. The number of aromatic nitrogens is 2. The minimum Gasteiger partial charge on any atom is -0.368 e. The van der Waals surface area contributed by atoms with Crippen LogP contribution in [0.1, 0.15) is 57.3 Å². The molecule has 2 aliphatic rings. The molecule has 196 valence electrons. The fraction of sp³-hybridized carbons (Fsp3) is 0.375. The third-order valence-electron chi connectivity index (χ3n) is 6.57. The van der Waals surface area contributed by atoms with Gasteiger partial charge < -0.3 is 10.1 Å². The summed E-state index contributed by atoms with van der Waals surface area (Å²) in [4.78, 5) is 22.3. The van der Waals surface area contributed by atoms with Crippen molar-refractivity contribution in [2.45, 2.75) is 37.8 Å². The number of hydrogen-bond donors (Lipinski definition) is 2. The molecular weight excluding hydrogens is 559 g/mol. The molecule has 0 amide bonds. The molecule has 3 heterocycles. The highest BCUT2D eigenvalue weighted by atomic mass is 35.5. The summed E-state index contributed by atoms with van der Waals surface area (Å²) < 4.78 is 33.4. The Labute approximate surface area is 228 Å². The van der Waals surface area contributed by atoms with Gasteiger partial charge in [-0.25, -0.2) is 15.1 Å². The highest BCUT2D eigenvalue weighted by Crippen LogP contribution is 2.42. The molecule has 5 rings (SSSR count). The summed E-state index contributed by atoms with van der Waals surface area (Å²) in [5, 5.41) is 8.85. The number of carbonyl (C=O) groups is 1. The Balaban J connectivity index is 1.34. The van der Waals surface area contributed by atoms with Gasteiger partial charge >= 0.3 is 10.3 Å². The monoisotopic (exact) mass is 582 g/mol. The molecule has 2 aromatic heterocycles. The van der Waals surface area contributed by atoms with E-state index in [0.29, 0.717) is 38.6 Å². The summed E-state index contributed by atoms with van der Waals surface area (Å²) in [6, 6.07) is 7.49. The number of thiophene rings is 1. The van der Waals surface area contributed by atoms with Gasteiger partial charge in [0, 0.05) is 22.8 Å². The number of carbonyl (C=O) groups excluding carboxylic acids is 1. The maximum Gasteiger partial charge on any atom is 0.333 e. The molecule has 1 fully saturated rings. The van der Waals surface area contributed by atoms with E-state index in [4.69, 9.17) is 37.3 Å². The first kappa shape index (κ1) is 26.5. The number of rotatable bonds is 8. The van der Waals surface area contributed by atoms with Crippen LogP contribution in [0.3, 0.4) is 0 Å². The van der Waals surface area contributed by atoms with Gasteiger partial charge in [-0.05, 0) is 60.9 Å². The summed E-state index contributed by atoms with van der Waals surface area (Å²) in [6.45, 7) is 0.570. The summed E-state index contributed by atoms with van der Waals surface area (Å²) in [7, 11) is -3.98. The maximum absolute atomic E-state index is 13.5. The quantitative estimate of drug-likeness (QED) is 0.370. The lowest BCUT2D eigenvalue weighted by molar-refractivity contribution is 0.0701. The van der Waals surface area contributed by atoms with E-state index in [0.717, 1.165) is 36.0 Å². The number of nitrogens with zero attached hydrogens (tertiary/aromatic N) is 2. The average Bonchev–Trinajstić information content (AvgIpc) is 3.48. The van der Waals surface area contributed by atoms with E-state index in [9.17, 15) is 13.2 Å². The van der Waals surface area contributed by atoms with E-state index in [1.165, 1.54) is 23.9 Å². The van der Waals surface area contributed by atoms with Crippen molar-refractivity contribution in [1.82, 2.24) is 9.97 Å². The zero-order chi connectivity index (χ0) is 26.2. The number of hydrogen-bond acceptors (Lipinski definition) is 9. The Hall–Kier alpha value is -2.12. The Kier molecular flexibility index (Phi) is 7.83. The number of ketones is 1. The standard InChI is InChI=1S/C24H24Cl2N4O5S2/c25-15-3-2-14-5-6-34-22(17(14)8-15)18-9-20(36-23(18)26)21(31)19-10-28-12-29-24(19)30-16-4-1-13(7-16)11-35-37(27,32)33/h2-3,8-10,12-13,16,22H,1,4-7,11H2,(H2,27,32,33)(H,28,29,30)/t13-,16?,22?/m1/s1. The molecule has 1 saturated carbocycles. The molecule has 3 N–H and O–H groups in total. The highest BCUT2D eigenvalue weighted by Gasteiger charge is 2.30. The normalized spacial score (nSPS) is 21.5. The summed E-state index contributed by atoms with van der Waals surface area (Å²) in [5.74, 6) is 0.188. The molecule has 0 bridgehead atoms. The van der Waals surface area contributed by atoms with Crippen molar-refractivity contribution >= 4 is 56.4 Å². The van der Waals surface area contributed by atoms with Crippen LogP contribution in [0.15, 0.2) is 36.8 Å². The number of anilines is 1. The van der Waals surface area contributed by atoms with Crippen molar-refractivity contribution in [2.75, 3.05) is 18.5 Å². The minimum absolute atomic E-state index is 0.00472. The Morgan fingerprint density at radius 2 is 2.08 bits per heavy atom. The van der Waals surface area contributed by atoms with Gasteiger partial charge in [0.25, 0.3) is 0 Å². The second kappa shape index (κ2) is 10.9. The Morgan fingerprint density at radius 3 is 2.89 bits per heavy atom. The molecule has 1 aromatic carbocycles. The van der Waals surface area contributed by atoms with Crippen LogP contribution in [0.5, 0.6) is 0 Å². The van der Waals surface area contributed by atoms with Crippen LogP contribution >= 0.6 is 34.5 Å².